The summed E-state index contributed by atoms with van der Waals surface area (Å²) in [5, 5.41) is 3.06. The van der Waals surface area contributed by atoms with Gasteiger partial charge in [0.15, 0.2) is 0 Å². The van der Waals surface area contributed by atoms with Crippen molar-refractivity contribution in [2.24, 2.45) is 5.41 Å². The highest BCUT2D eigenvalue weighted by atomic mass is 16.5. The lowest BCUT2D eigenvalue weighted by Crippen LogP contribution is -2.35. The molecule has 0 saturated heterocycles. The molecule has 0 heterocycles. The fraction of sp³-hybridized carbons (Fsp3) is 0.562. The number of nitrogen functional groups attached to an aromatic ring is 1. The van der Waals surface area contributed by atoms with Gasteiger partial charge >= 0.3 is 0 Å². The molecule has 110 valence electrons. The molecule has 4 nitrogen and oxygen atoms in total. The number of benzene rings is 1. The molecule has 0 aliphatic heterocycles. The average Bonchev–Trinajstić information content (AvgIpc) is 2.94. The number of methoxy groups -OCH3 is 1. The molecular formula is C16H24N2O2. The molecule has 0 aromatic heterocycles. The Balaban J connectivity index is 2.06. The van der Waals surface area contributed by atoms with E-state index in [2.05, 4.69) is 12.2 Å². The molecule has 3 N–H and O–H groups in total. The van der Waals surface area contributed by atoms with Gasteiger partial charge < -0.3 is 15.8 Å². The van der Waals surface area contributed by atoms with E-state index in [1.807, 2.05) is 0 Å². The first-order valence-electron chi connectivity index (χ1n) is 7.32. The number of nitrogens with two attached hydrogens (primary N) is 1. The third-order valence-electron chi connectivity index (χ3n) is 4.51. The van der Waals surface area contributed by atoms with Gasteiger partial charge in [0.1, 0.15) is 5.75 Å². The molecule has 0 radical (unpaired) electrons. The van der Waals surface area contributed by atoms with Crippen LogP contribution in [0.4, 0.5) is 5.69 Å². The van der Waals surface area contributed by atoms with Crippen molar-refractivity contribution >= 4 is 11.6 Å². The molecule has 1 aliphatic rings. The minimum absolute atomic E-state index is 0.103. The Morgan fingerprint density at radius 3 is 2.70 bits per heavy atom. The van der Waals surface area contributed by atoms with Crippen molar-refractivity contribution in [1.82, 2.24) is 5.32 Å². The van der Waals surface area contributed by atoms with Crippen LogP contribution in [0, 0.1) is 5.41 Å². The quantitative estimate of drug-likeness (QED) is 0.813. The zero-order valence-corrected chi connectivity index (χ0v) is 12.4. The van der Waals surface area contributed by atoms with Crippen LogP contribution in [0.15, 0.2) is 18.2 Å². The Labute approximate surface area is 120 Å². The van der Waals surface area contributed by atoms with Crippen molar-refractivity contribution in [3.63, 3.8) is 0 Å². The van der Waals surface area contributed by atoms with Crippen molar-refractivity contribution in [3.05, 3.63) is 23.8 Å². The van der Waals surface area contributed by atoms with Gasteiger partial charge in [0.05, 0.1) is 12.7 Å². The summed E-state index contributed by atoms with van der Waals surface area (Å²) in [7, 11) is 1.56. The predicted octanol–water partition coefficient (Wildman–Crippen LogP) is 2.98. The minimum atomic E-state index is -0.103. The van der Waals surface area contributed by atoms with Crippen LogP contribution in [0.2, 0.25) is 0 Å². The lowest BCUT2D eigenvalue weighted by atomic mass is 9.83. The first kappa shape index (κ1) is 14.7. The van der Waals surface area contributed by atoms with Crippen LogP contribution in [-0.4, -0.2) is 19.6 Å². The maximum absolute atomic E-state index is 12.3. The van der Waals surface area contributed by atoms with Crippen LogP contribution in [0.3, 0.4) is 0 Å². The van der Waals surface area contributed by atoms with Gasteiger partial charge in [0.25, 0.3) is 5.91 Å². The monoisotopic (exact) mass is 276 g/mol. The van der Waals surface area contributed by atoms with Gasteiger partial charge in [-0.05, 0) is 42.9 Å². The summed E-state index contributed by atoms with van der Waals surface area (Å²) in [6, 6.07) is 5.14. The van der Waals surface area contributed by atoms with Crippen molar-refractivity contribution in [2.45, 2.75) is 39.0 Å². The number of hydrogen-bond acceptors (Lipinski definition) is 3. The molecule has 1 aromatic rings. The van der Waals surface area contributed by atoms with Crippen LogP contribution in [0.5, 0.6) is 5.75 Å². The molecule has 1 fully saturated rings. The second-order valence-electron chi connectivity index (χ2n) is 5.70. The normalized spacial score (nSPS) is 16.9. The molecule has 20 heavy (non-hydrogen) atoms. The average molecular weight is 276 g/mol. The summed E-state index contributed by atoms with van der Waals surface area (Å²) in [6.45, 7) is 2.94. The smallest absolute Gasteiger partial charge is 0.255 e. The van der Waals surface area contributed by atoms with Gasteiger partial charge in [-0.2, -0.15) is 0 Å². The molecule has 0 unspecified atom stereocenters. The Morgan fingerprint density at radius 1 is 1.40 bits per heavy atom. The topological polar surface area (TPSA) is 64.4 Å². The summed E-state index contributed by atoms with van der Waals surface area (Å²) in [6.07, 6.45) is 6.06. The maximum Gasteiger partial charge on any atom is 0.255 e. The van der Waals surface area contributed by atoms with Crippen LogP contribution in [0.1, 0.15) is 49.4 Å². The number of carbonyl (C=O) groups excluding carboxylic acids is 1. The molecule has 0 bridgehead atoms. The summed E-state index contributed by atoms with van der Waals surface area (Å²) >= 11 is 0. The molecule has 1 saturated carbocycles. The van der Waals surface area contributed by atoms with E-state index in [1.54, 1.807) is 25.3 Å². The summed E-state index contributed by atoms with van der Waals surface area (Å²) in [4.78, 5) is 12.3. The Kier molecular flexibility index (Phi) is 4.53. The van der Waals surface area contributed by atoms with E-state index < -0.39 is 0 Å². The van der Waals surface area contributed by atoms with Crippen molar-refractivity contribution < 1.29 is 9.53 Å². The van der Waals surface area contributed by atoms with Crippen molar-refractivity contribution in [3.8, 4) is 5.75 Å². The molecule has 2 rings (SSSR count). The lowest BCUT2D eigenvalue weighted by molar-refractivity contribution is 0.0926. The fourth-order valence-electron chi connectivity index (χ4n) is 3.05. The fourth-order valence-corrected chi connectivity index (χ4v) is 3.05. The van der Waals surface area contributed by atoms with Gasteiger partial charge in [0.2, 0.25) is 0 Å². The highest BCUT2D eigenvalue weighted by molar-refractivity contribution is 5.97. The van der Waals surface area contributed by atoms with E-state index in [0.717, 1.165) is 13.0 Å². The van der Waals surface area contributed by atoms with E-state index in [9.17, 15) is 4.79 Å². The van der Waals surface area contributed by atoms with Gasteiger partial charge in [-0.3, -0.25) is 4.79 Å². The standard InChI is InChI=1S/C16H24N2O2/c1-3-16(8-4-5-9-16)11-18-15(19)13-10-12(17)6-7-14(13)20-2/h6-7,10H,3-5,8-9,11,17H2,1-2H3,(H,18,19). The second kappa shape index (κ2) is 6.16. The van der Waals surface area contributed by atoms with Crippen LogP contribution in [-0.2, 0) is 0 Å². The van der Waals surface area contributed by atoms with Gasteiger partial charge in [-0.1, -0.05) is 19.8 Å². The SMILES string of the molecule is CCC1(CNC(=O)c2cc(N)ccc2OC)CCCC1. The lowest BCUT2D eigenvalue weighted by Gasteiger charge is -2.27. The zero-order chi connectivity index (χ0) is 14.6. The Bertz CT molecular complexity index is 479. The van der Waals surface area contributed by atoms with E-state index in [1.165, 1.54) is 25.7 Å². The number of nitrogens with one attached hydrogen (secondary N) is 1. The van der Waals surface area contributed by atoms with Gasteiger partial charge in [-0.15, -0.1) is 0 Å². The predicted molar refractivity (Wildman–Crippen MR) is 80.9 cm³/mol. The number of anilines is 1. The molecule has 4 heteroatoms. The minimum Gasteiger partial charge on any atom is -0.496 e. The highest BCUT2D eigenvalue weighted by Crippen LogP contribution is 2.40. The Hall–Kier alpha value is -1.71. The van der Waals surface area contributed by atoms with Crippen LogP contribution in [0.25, 0.3) is 0 Å². The van der Waals surface area contributed by atoms with E-state index in [-0.39, 0.29) is 11.3 Å². The van der Waals surface area contributed by atoms with E-state index >= 15 is 0 Å². The number of carbonyl (C=O) groups is 1. The molecule has 0 atom stereocenters. The molecular weight excluding hydrogens is 252 g/mol. The maximum atomic E-state index is 12.3. The largest absolute Gasteiger partial charge is 0.496 e. The number of amides is 1. The zero-order valence-electron chi connectivity index (χ0n) is 12.4. The number of rotatable bonds is 5. The van der Waals surface area contributed by atoms with E-state index in [4.69, 9.17) is 10.5 Å². The van der Waals surface area contributed by atoms with E-state index in [0.29, 0.717) is 17.0 Å². The summed E-state index contributed by atoms with van der Waals surface area (Å²) < 4.78 is 5.23. The first-order chi connectivity index (χ1) is 9.60. The summed E-state index contributed by atoms with van der Waals surface area (Å²) in [5.74, 6) is 0.461. The second-order valence-corrected chi connectivity index (χ2v) is 5.70. The first-order valence-corrected chi connectivity index (χ1v) is 7.32. The van der Waals surface area contributed by atoms with Crippen molar-refractivity contribution in [2.75, 3.05) is 19.4 Å². The van der Waals surface area contributed by atoms with Gasteiger partial charge in [-0.25, -0.2) is 0 Å². The highest BCUT2D eigenvalue weighted by Gasteiger charge is 2.32. The number of ether oxygens (including phenoxy) is 1. The molecule has 0 spiro atoms. The van der Waals surface area contributed by atoms with Crippen LogP contribution >= 0.6 is 0 Å². The third kappa shape index (κ3) is 3.06. The van der Waals surface area contributed by atoms with Crippen LogP contribution < -0.4 is 15.8 Å². The van der Waals surface area contributed by atoms with Gasteiger partial charge in [0, 0.05) is 12.2 Å². The molecule has 1 aromatic carbocycles. The summed E-state index contributed by atoms with van der Waals surface area (Å²) in [5.41, 5.74) is 7.12. The van der Waals surface area contributed by atoms with Crippen molar-refractivity contribution in [1.29, 1.82) is 0 Å². The number of hydrogen-bond donors (Lipinski definition) is 2. The Morgan fingerprint density at radius 2 is 2.10 bits per heavy atom. The molecule has 1 aliphatic carbocycles. The third-order valence-corrected chi connectivity index (χ3v) is 4.51. The molecule has 1 amide bonds.